The Balaban J connectivity index is 2.95. The van der Waals surface area contributed by atoms with E-state index in [9.17, 15) is 8.78 Å². The molecule has 0 saturated carbocycles. The van der Waals surface area contributed by atoms with Crippen LogP contribution in [0.25, 0.3) is 0 Å². The summed E-state index contributed by atoms with van der Waals surface area (Å²) in [5, 5.41) is 5.70. The Morgan fingerprint density at radius 2 is 1.76 bits per heavy atom. The fourth-order valence-corrected chi connectivity index (χ4v) is 1.24. The molecule has 1 aromatic heterocycles. The Morgan fingerprint density at radius 3 is 2.29 bits per heavy atom. The maximum absolute atomic E-state index is 13.5. The molecule has 0 spiro atoms. The number of aromatic nitrogens is 1. The van der Waals surface area contributed by atoms with Crippen LogP contribution in [0.1, 0.15) is 27.7 Å². The summed E-state index contributed by atoms with van der Waals surface area (Å²) in [5.74, 6) is -0.844. The molecule has 5 heteroatoms. The van der Waals surface area contributed by atoms with E-state index in [1.807, 2.05) is 27.7 Å². The lowest BCUT2D eigenvalue weighted by atomic mass is 10.1. The van der Waals surface area contributed by atoms with Gasteiger partial charge >= 0.3 is 0 Å². The van der Waals surface area contributed by atoms with Gasteiger partial charge in [-0.1, -0.05) is 13.8 Å². The zero-order valence-corrected chi connectivity index (χ0v) is 10.6. The average molecular weight is 243 g/mol. The lowest BCUT2D eigenvalue weighted by Gasteiger charge is -2.19. The van der Waals surface area contributed by atoms with Gasteiger partial charge in [-0.05, 0) is 19.8 Å². The Bertz CT molecular complexity index is 380. The molecule has 1 heterocycles. The second-order valence-corrected chi connectivity index (χ2v) is 4.36. The quantitative estimate of drug-likeness (QED) is 0.833. The lowest BCUT2D eigenvalue weighted by molar-refractivity contribution is 0.542. The van der Waals surface area contributed by atoms with Crippen LogP contribution < -0.4 is 10.6 Å². The number of halogens is 2. The van der Waals surface area contributed by atoms with E-state index in [1.54, 1.807) is 0 Å². The standard InChI is InChI=1S/C12H19F2N3/c1-5-15-11-9(13)6-10(14)12(17-11)16-8(4)7(2)3/h6-8H,5H2,1-4H3,(H2,15,16,17). The van der Waals surface area contributed by atoms with Crippen LogP contribution in [-0.2, 0) is 0 Å². The molecule has 1 atom stereocenters. The van der Waals surface area contributed by atoms with Crippen LogP contribution in [0.2, 0.25) is 0 Å². The predicted octanol–water partition coefficient (Wildman–Crippen LogP) is 3.25. The molecule has 0 radical (unpaired) electrons. The van der Waals surface area contributed by atoms with E-state index >= 15 is 0 Å². The number of rotatable bonds is 5. The normalized spacial score (nSPS) is 12.6. The van der Waals surface area contributed by atoms with E-state index in [-0.39, 0.29) is 17.7 Å². The molecule has 2 N–H and O–H groups in total. The molecule has 0 aliphatic rings. The van der Waals surface area contributed by atoms with Gasteiger partial charge in [-0.15, -0.1) is 0 Å². The van der Waals surface area contributed by atoms with Crippen molar-refractivity contribution in [2.45, 2.75) is 33.7 Å². The van der Waals surface area contributed by atoms with Gasteiger partial charge in [-0.3, -0.25) is 0 Å². The smallest absolute Gasteiger partial charge is 0.168 e. The first-order chi connectivity index (χ1) is 7.95. The second-order valence-electron chi connectivity index (χ2n) is 4.36. The van der Waals surface area contributed by atoms with Crippen LogP contribution in [-0.4, -0.2) is 17.6 Å². The Morgan fingerprint density at radius 1 is 1.18 bits per heavy atom. The summed E-state index contributed by atoms with van der Waals surface area (Å²) in [7, 11) is 0. The highest BCUT2D eigenvalue weighted by Crippen LogP contribution is 2.20. The van der Waals surface area contributed by atoms with E-state index in [1.165, 1.54) is 0 Å². The van der Waals surface area contributed by atoms with Crippen molar-refractivity contribution in [1.82, 2.24) is 4.98 Å². The second kappa shape index (κ2) is 5.80. The number of hydrogen-bond donors (Lipinski definition) is 2. The lowest BCUT2D eigenvalue weighted by Crippen LogP contribution is -2.23. The third kappa shape index (κ3) is 3.54. The highest BCUT2D eigenvalue weighted by molar-refractivity contribution is 5.47. The molecule has 1 unspecified atom stereocenters. The molecule has 0 saturated heterocycles. The van der Waals surface area contributed by atoms with E-state index < -0.39 is 11.6 Å². The van der Waals surface area contributed by atoms with Crippen LogP contribution in [0.3, 0.4) is 0 Å². The van der Waals surface area contributed by atoms with Crippen LogP contribution >= 0.6 is 0 Å². The van der Waals surface area contributed by atoms with Crippen molar-refractivity contribution in [3.63, 3.8) is 0 Å². The first kappa shape index (κ1) is 13.7. The van der Waals surface area contributed by atoms with Crippen molar-refractivity contribution < 1.29 is 8.78 Å². The minimum Gasteiger partial charge on any atom is -0.368 e. The van der Waals surface area contributed by atoms with Crippen molar-refractivity contribution in [3.8, 4) is 0 Å². The van der Waals surface area contributed by atoms with Gasteiger partial charge in [0.25, 0.3) is 0 Å². The van der Waals surface area contributed by atoms with Crippen LogP contribution in [0, 0.1) is 17.6 Å². The first-order valence-corrected chi connectivity index (χ1v) is 5.82. The number of nitrogens with zero attached hydrogens (tertiary/aromatic N) is 1. The predicted molar refractivity (Wildman–Crippen MR) is 66.2 cm³/mol. The maximum Gasteiger partial charge on any atom is 0.168 e. The van der Waals surface area contributed by atoms with Crippen molar-refractivity contribution in [3.05, 3.63) is 17.7 Å². The fraction of sp³-hybridized carbons (Fsp3) is 0.583. The minimum absolute atomic E-state index is 0.0666. The van der Waals surface area contributed by atoms with Gasteiger partial charge < -0.3 is 10.6 Å². The third-order valence-corrected chi connectivity index (χ3v) is 2.64. The van der Waals surface area contributed by atoms with Crippen molar-refractivity contribution in [1.29, 1.82) is 0 Å². The summed E-state index contributed by atoms with van der Waals surface area (Å²) >= 11 is 0. The third-order valence-electron chi connectivity index (χ3n) is 2.64. The molecule has 0 aromatic carbocycles. The molecule has 0 aliphatic carbocycles. The van der Waals surface area contributed by atoms with Gasteiger partial charge in [0.2, 0.25) is 0 Å². The van der Waals surface area contributed by atoms with Crippen molar-refractivity contribution in [2.24, 2.45) is 5.92 Å². The molecular formula is C12H19F2N3. The zero-order chi connectivity index (χ0) is 13.0. The van der Waals surface area contributed by atoms with Crippen LogP contribution in [0.15, 0.2) is 6.07 Å². The average Bonchev–Trinajstić information content (AvgIpc) is 2.24. The summed E-state index contributed by atoms with van der Waals surface area (Å²) in [4.78, 5) is 3.91. The van der Waals surface area contributed by atoms with Crippen molar-refractivity contribution >= 4 is 11.6 Å². The number of hydrogen-bond acceptors (Lipinski definition) is 3. The van der Waals surface area contributed by atoms with Crippen LogP contribution in [0.5, 0.6) is 0 Å². The summed E-state index contributed by atoms with van der Waals surface area (Å²) in [6, 6.07) is 0.914. The van der Waals surface area contributed by atoms with Crippen LogP contribution in [0.4, 0.5) is 20.4 Å². The number of pyridine rings is 1. The largest absolute Gasteiger partial charge is 0.368 e. The highest BCUT2D eigenvalue weighted by atomic mass is 19.1. The van der Waals surface area contributed by atoms with E-state index in [4.69, 9.17) is 0 Å². The number of anilines is 2. The molecule has 1 aromatic rings. The SMILES string of the molecule is CCNc1nc(NC(C)C(C)C)c(F)cc1F. The highest BCUT2D eigenvalue weighted by Gasteiger charge is 2.14. The Kier molecular flexibility index (Phi) is 4.66. The summed E-state index contributed by atoms with van der Waals surface area (Å²) in [6.07, 6.45) is 0. The zero-order valence-electron chi connectivity index (χ0n) is 10.6. The van der Waals surface area contributed by atoms with Gasteiger partial charge in [0.15, 0.2) is 23.3 Å². The van der Waals surface area contributed by atoms with Gasteiger partial charge in [0, 0.05) is 18.7 Å². The fourth-order valence-electron chi connectivity index (χ4n) is 1.24. The van der Waals surface area contributed by atoms with Gasteiger partial charge in [-0.25, -0.2) is 13.8 Å². The maximum atomic E-state index is 13.5. The molecular weight excluding hydrogens is 224 g/mol. The van der Waals surface area contributed by atoms with E-state index in [0.717, 1.165) is 6.07 Å². The molecule has 0 fully saturated rings. The minimum atomic E-state index is -0.674. The Labute approximate surface area is 101 Å². The molecule has 96 valence electrons. The summed E-state index contributed by atoms with van der Waals surface area (Å²) in [5.41, 5.74) is 0. The van der Waals surface area contributed by atoms with Gasteiger partial charge in [0.1, 0.15) is 0 Å². The molecule has 0 aliphatic heterocycles. The monoisotopic (exact) mass is 243 g/mol. The number of nitrogens with one attached hydrogen (secondary N) is 2. The Hall–Kier alpha value is -1.39. The summed E-state index contributed by atoms with van der Waals surface area (Å²) < 4.78 is 26.8. The molecule has 0 amide bonds. The first-order valence-electron chi connectivity index (χ1n) is 5.82. The molecule has 17 heavy (non-hydrogen) atoms. The van der Waals surface area contributed by atoms with Crippen molar-refractivity contribution in [2.75, 3.05) is 17.2 Å². The molecule has 3 nitrogen and oxygen atoms in total. The molecule has 1 rings (SSSR count). The van der Waals surface area contributed by atoms with Gasteiger partial charge in [0.05, 0.1) is 0 Å². The van der Waals surface area contributed by atoms with Gasteiger partial charge in [-0.2, -0.15) is 0 Å². The van der Waals surface area contributed by atoms with E-state index in [2.05, 4.69) is 15.6 Å². The topological polar surface area (TPSA) is 37.0 Å². The summed E-state index contributed by atoms with van der Waals surface area (Å²) in [6.45, 7) is 8.33. The molecule has 0 bridgehead atoms. The van der Waals surface area contributed by atoms with E-state index in [0.29, 0.717) is 12.5 Å².